The second kappa shape index (κ2) is 4.85. The van der Waals surface area contributed by atoms with Crippen molar-refractivity contribution in [3.8, 4) is 5.82 Å². The largest absolute Gasteiger partial charge is 0.316 e. The average molecular weight is 251 g/mol. The summed E-state index contributed by atoms with van der Waals surface area (Å²) in [5.41, 5.74) is 3.32. The summed E-state index contributed by atoms with van der Waals surface area (Å²) in [5, 5.41) is 7.97. The molecule has 0 amide bonds. The molecular formula is C12H15ClN4. The fourth-order valence-electron chi connectivity index (χ4n) is 1.85. The number of pyridine rings is 1. The highest BCUT2D eigenvalue weighted by atomic mass is 35.5. The van der Waals surface area contributed by atoms with Gasteiger partial charge in [-0.2, -0.15) is 5.10 Å². The van der Waals surface area contributed by atoms with Crippen molar-refractivity contribution in [1.82, 2.24) is 20.1 Å². The molecule has 0 aromatic carbocycles. The Kier molecular flexibility index (Phi) is 3.45. The third-order valence-electron chi connectivity index (χ3n) is 2.58. The zero-order valence-corrected chi connectivity index (χ0v) is 10.9. The standard InChI is InChI=1S/C12H15ClN4/c1-8-4-9(2)16-12(11(8)6-14-3)17-7-10(13)5-15-17/h4-5,7,14H,6H2,1-3H3. The molecule has 0 aliphatic carbocycles. The third-order valence-corrected chi connectivity index (χ3v) is 2.77. The van der Waals surface area contributed by atoms with E-state index in [-0.39, 0.29) is 0 Å². The Morgan fingerprint density at radius 1 is 1.41 bits per heavy atom. The van der Waals surface area contributed by atoms with Gasteiger partial charge in [0.15, 0.2) is 5.82 Å². The molecule has 1 N–H and O–H groups in total. The van der Waals surface area contributed by atoms with Gasteiger partial charge in [0.25, 0.3) is 0 Å². The molecule has 5 heteroatoms. The molecule has 17 heavy (non-hydrogen) atoms. The number of hydrogen-bond donors (Lipinski definition) is 1. The van der Waals surface area contributed by atoms with Gasteiger partial charge in [-0.05, 0) is 32.5 Å². The first kappa shape index (κ1) is 12.1. The molecule has 2 aromatic heterocycles. The first-order chi connectivity index (χ1) is 8.11. The normalized spacial score (nSPS) is 10.8. The van der Waals surface area contributed by atoms with Gasteiger partial charge in [-0.3, -0.25) is 0 Å². The molecule has 0 unspecified atom stereocenters. The Balaban J connectivity index is 2.58. The van der Waals surface area contributed by atoms with Crippen LogP contribution in [0.1, 0.15) is 16.8 Å². The summed E-state index contributed by atoms with van der Waals surface area (Å²) in [6, 6.07) is 2.07. The van der Waals surface area contributed by atoms with Gasteiger partial charge in [0, 0.05) is 17.8 Å². The fraction of sp³-hybridized carbons (Fsp3) is 0.333. The first-order valence-corrected chi connectivity index (χ1v) is 5.82. The van der Waals surface area contributed by atoms with Crippen molar-refractivity contribution in [3.05, 3.63) is 40.3 Å². The summed E-state index contributed by atoms with van der Waals surface area (Å²) in [4.78, 5) is 4.54. The summed E-state index contributed by atoms with van der Waals surface area (Å²) < 4.78 is 1.72. The maximum atomic E-state index is 5.89. The van der Waals surface area contributed by atoms with Crippen LogP contribution in [0.2, 0.25) is 5.02 Å². The van der Waals surface area contributed by atoms with Crippen LogP contribution in [0.25, 0.3) is 5.82 Å². The Morgan fingerprint density at radius 3 is 2.76 bits per heavy atom. The van der Waals surface area contributed by atoms with Crippen molar-refractivity contribution < 1.29 is 0 Å². The van der Waals surface area contributed by atoms with Crippen molar-refractivity contribution in [2.24, 2.45) is 0 Å². The van der Waals surface area contributed by atoms with Gasteiger partial charge in [-0.15, -0.1) is 0 Å². The molecule has 2 rings (SSSR count). The average Bonchev–Trinajstić information content (AvgIpc) is 2.68. The van der Waals surface area contributed by atoms with Crippen LogP contribution < -0.4 is 5.32 Å². The van der Waals surface area contributed by atoms with Crippen LogP contribution in [-0.4, -0.2) is 21.8 Å². The van der Waals surface area contributed by atoms with E-state index in [1.165, 1.54) is 5.56 Å². The van der Waals surface area contributed by atoms with Crippen LogP contribution in [0, 0.1) is 13.8 Å². The molecule has 2 heterocycles. The second-order valence-corrected chi connectivity index (χ2v) is 4.45. The van der Waals surface area contributed by atoms with E-state index in [1.54, 1.807) is 17.1 Å². The predicted octanol–water partition coefficient (Wildman–Crippen LogP) is 2.26. The van der Waals surface area contributed by atoms with E-state index < -0.39 is 0 Å². The molecule has 0 saturated carbocycles. The van der Waals surface area contributed by atoms with E-state index in [0.29, 0.717) is 5.02 Å². The van der Waals surface area contributed by atoms with Crippen molar-refractivity contribution >= 4 is 11.6 Å². The Morgan fingerprint density at radius 2 is 2.18 bits per heavy atom. The van der Waals surface area contributed by atoms with E-state index in [2.05, 4.69) is 28.4 Å². The molecule has 0 aliphatic rings. The van der Waals surface area contributed by atoms with Crippen LogP contribution in [0.5, 0.6) is 0 Å². The Bertz CT molecular complexity index is 533. The summed E-state index contributed by atoms with van der Waals surface area (Å²) in [6.07, 6.45) is 3.38. The van der Waals surface area contributed by atoms with Crippen molar-refractivity contribution in [3.63, 3.8) is 0 Å². The number of hydrogen-bond acceptors (Lipinski definition) is 3. The SMILES string of the molecule is CNCc1c(C)cc(C)nc1-n1cc(Cl)cn1. The minimum Gasteiger partial charge on any atom is -0.316 e. The molecule has 0 bridgehead atoms. The lowest BCUT2D eigenvalue weighted by molar-refractivity contribution is 0.762. The molecule has 0 spiro atoms. The van der Waals surface area contributed by atoms with Crippen molar-refractivity contribution in [2.45, 2.75) is 20.4 Å². The quantitative estimate of drug-likeness (QED) is 0.909. The maximum Gasteiger partial charge on any atom is 0.158 e. The van der Waals surface area contributed by atoms with Gasteiger partial charge in [-0.25, -0.2) is 9.67 Å². The lowest BCUT2D eigenvalue weighted by atomic mass is 10.1. The first-order valence-electron chi connectivity index (χ1n) is 5.44. The highest BCUT2D eigenvalue weighted by Crippen LogP contribution is 2.18. The summed E-state index contributed by atoms with van der Waals surface area (Å²) in [5.74, 6) is 0.837. The lowest BCUT2D eigenvalue weighted by Crippen LogP contribution is -2.13. The van der Waals surface area contributed by atoms with E-state index in [4.69, 9.17) is 11.6 Å². The zero-order chi connectivity index (χ0) is 12.4. The monoisotopic (exact) mass is 250 g/mol. The van der Waals surface area contributed by atoms with Crippen molar-refractivity contribution in [2.75, 3.05) is 7.05 Å². The summed E-state index contributed by atoms with van der Waals surface area (Å²) >= 11 is 5.89. The second-order valence-electron chi connectivity index (χ2n) is 4.02. The lowest BCUT2D eigenvalue weighted by Gasteiger charge is -2.12. The van der Waals surface area contributed by atoms with Gasteiger partial charge in [-0.1, -0.05) is 11.6 Å². The van der Waals surface area contributed by atoms with Gasteiger partial charge in [0.05, 0.1) is 17.4 Å². The van der Waals surface area contributed by atoms with Gasteiger partial charge >= 0.3 is 0 Å². The van der Waals surface area contributed by atoms with Crippen LogP contribution >= 0.6 is 11.6 Å². The smallest absolute Gasteiger partial charge is 0.158 e. The topological polar surface area (TPSA) is 42.7 Å². The van der Waals surface area contributed by atoms with E-state index in [0.717, 1.165) is 23.6 Å². The van der Waals surface area contributed by atoms with Gasteiger partial charge in [0.1, 0.15) is 0 Å². The van der Waals surface area contributed by atoms with E-state index in [1.807, 2.05) is 14.0 Å². The van der Waals surface area contributed by atoms with Gasteiger partial charge in [0.2, 0.25) is 0 Å². The van der Waals surface area contributed by atoms with E-state index in [9.17, 15) is 0 Å². The molecule has 4 nitrogen and oxygen atoms in total. The minimum atomic E-state index is 0.612. The number of nitrogens with one attached hydrogen (secondary N) is 1. The molecular weight excluding hydrogens is 236 g/mol. The van der Waals surface area contributed by atoms with Gasteiger partial charge < -0.3 is 5.32 Å². The van der Waals surface area contributed by atoms with Crippen LogP contribution in [0.15, 0.2) is 18.5 Å². The Hall–Kier alpha value is -1.39. The summed E-state index contributed by atoms with van der Waals surface area (Å²) in [6.45, 7) is 4.81. The molecule has 0 fully saturated rings. The molecule has 0 saturated heterocycles. The minimum absolute atomic E-state index is 0.612. The number of aromatic nitrogens is 3. The highest BCUT2D eigenvalue weighted by Gasteiger charge is 2.11. The zero-order valence-electron chi connectivity index (χ0n) is 10.2. The summed E-state index contributed by atoms with van der Waals surface area (Å²) in [7, 11) is 1.92. The number of nitrogens with zero attached hydrogens (tertiary/aromatic N) is 3. The molecule has 0 radical (unpaired) electrons. The molecule has 0 aliphatic heterocycles. The number of aryl methyl sites for hydroxylation is 2. The maximum absolute atomic E-state index is 5.89. The predicted molar refractivity (Wildman–Crippen MR) is 68.6 cm³/mol. The van der Waals surface area contributed by atoms with Crippen molar-refractivity contribution in [1.29, 1.82) is 0 Å². The number of halogens is 1. The number of rotatable bonds is 3. The van der Waals surface area contributed by atoms with Crippen LogP contribution in [0.3, 0.4) is 0 Å². The molecule has 0 atom stereocenters. The fourth-order valence-corrected chi connectivity index (χ4v) is 1.98. The third kappa shape index (κ3) is 2.48. The molecule has 2 aromatic rings. The van der Waals surface area contributed by atoms with Crippen LogP contribution in [-0.2, 0) is 6.54 Å². The van der Waals surface area contributed by atoms with Crippen LogP contribution in [0.4, 0.5) is 0 Å². The molecule has 90 valence electrons. The highest BCUT2D eigenvalue weighted by molar-refractivity contribution is 6.30. The Labute approximate surface area is 106 Å². The van der Waals surface area contributed by atoms with E-state index >= 15 is 0 Å².